The maximum absolute atomic E-state index is 12.2. The Labute approximate surface area is 140 Å². The minimum Gasteiger partial charge on any atom is -0.469 e. The Morgan fingerprint density at radius 3 is 2.21 bits per heavy atom. The molecule has 0 aromatic heterocycles. The number of nitriles is 1. The van der Waals surface area contributed by atoms with Crippen molar-refractivity contribution < 1.29 is 19.1 Å². The molecule has 0 saturated heterocycles. The normalized spacial score (nSPS) is 11.2. The third-order valence-corrected chi connectivity index (χ3v) is 3.54. The maximum atomic E-state index is 12.2. The third-order valence-electron chi connectivity index (χ3n) is 3.54. The molecule has 0 bridgehead atoms. The Bertz CT molecular complexity index is 732. The number of rotatable bonds is 6. The molecule has 0 spiro atoms. The predicted molar refractivity (Wildman–Crippen MR) is 87.2 cm³/mol. The smallest absolute Gasteiger partial charge is 0.311 e. The van der Waals surface area contributed by atoms with E-state index >= 15 is 0 Å². The number of hydrogen-bond acceptors (Lipinski definition) is 5. The van der Waals surface area contributed by atoms with E-state index in [0.29, 0.717) is 11.3 Å². The van der Waals surface area contributed by atoms with Gasteiger partial charge in [0.05, 0.1) is 31.6 Å². The Hall–Kier alpha value is -3.13. The van der Waals surface area contributed by atoms with Gasteiger partial charge in [-0.15, -0.1) is 0 Å². The molecule has 0 heterocycles. The molecule has 0 amide bonds. The van der Waals surface area contributed by atoms with Gasteiger partial charge in [0.25, 0.3) is 0 Å². The molecule has 0 radical (unpaired) electrons. The van der Waals surface area contributed by atoms with Gasteiger partial charge in [0.1, 0.15) is 5.75 Å². The van der Waals surface area contributed by atoms with E-state index in [4.69, 9.17) is 14.7 Å². The number of carbonyl (C=O) groups is 2. The number of ether oxygens (including phenoxy) is 2. The van der Waals surface area contributed by atoms with Crippen LogP contribution in [0.15, 0.2) is 54.6 Å². The molecule has 0 aliphatic rings. The van der Waals surface area contributed by atoms with Gasteiger partial charge < -0.3 is 9.47 Å². The van der Waals surface area contributed by atoms with Crippen molar-refractivity contribution in [1.82, 2.24) is 0 Å². The highest BCUT2D eigenvalue weighted by atomic mass is 16.5. The molecule has 2 aromatic rings. The van der Waals surface area contributed by atoms with Crippen molar-refractivity contribution in [2.24, 2.45) is 0 Å². The molecule has 5 heteroatoms. The van der Waals surface area contributed by atoms with Crippen molar-refractivity contribution in [2.45, 2.75) is 18.8 Å². The van der Waals surface area contributed by atoms with Crippen LogP contribution >= 0.6 is 0 Å². The second kappa shape index (κ2) is 8.49. The van der Waals surface area contributed by atoms with Crippen LogP contribution in [0.4, 0.5) is 0 Å². The van der Waals surface area contributed by atoms with Crippen molar-refractivity contribution in [3.8, 4) is 11.8 Å². The monoisotopic (exact) mass is 323 g/mol. The van der Waals surface area contributed by atoms with E-state index in [2.05, 4.69) is 0 Å². The first-order valence-electron chi connectivity index (χ1n) is 7.45. The molecule has 1 atom stereocenters. The van der Waals surface area contributed by atoms with Gasteiger partial charge in [0.2, 0.25) is 0 Å². The van der Waals surface area contributed by atoms with E-state index < -0.39 is 5.97 Å². The van der Waals surface area contributed by atoms with Crippen LogP contribution in [0.1, 0.15) is 29.9 Å². The molecule has 5 nitrogen and oxygen atoms in total. The molecule has 0 N–H and O–H groups in total. The van der Waals surface area contributed by atoms with Crippen LogP contribution in [0.5, 0.6) is 5.75 Å². The summed E-state index contributed by atoms with van der Waals surface area (Å²) in [5, 5.41) is 8.76. The van der Waals surface area contributed by atoms with Gasteiger partial charge in [0.15, 0.2) is 0 Å². The molecule has 0 fully saturated rings. The average Bonchev–Trinajstić information content (AvgIpc) is 2.62. The standard InChI is InChI=1S/C19H17NO4/c1-23-18(21)11-16(15-5-3-2-4-6-15)12-19(22)24-17-9-7-14(13-20)8-10-17/h2-10,16H,11-12H2,1H3. The van der Waals surface area contributed by atoms with Crippen LogP contribution < -0.4 is 4.74 Å². The lowest BCUT2D eigenvalue weighted by molar-refractivity contribution is -0.141. The van der Waals surface area contributed by atoms with Crippen LogP contribution in [0, 0.1) is 11.3 Å². The van der Waals surface area contributed by atoms with E-state index in [0.717, 1.165) is 5.56 Å². The SMILES string of the molecule is COC(=O)CC(CC(=O)Oc1ccc(C#N)cc1)c1ccccc1. The van der Waals surface area contributed by atoms with E-state index in [9.17, 15) is 9.59 Å². The summed E-state index contributed by atoms with van der Waals surface area (Å²) in [6, 6.07) is 17.6. The molecule has 0 saturated carbocycles. The Kier molecular flexibility index (Phi) is 6.09. The van der Waals surface area contributed by atoms with Crippen molar-refractivity contribution in [3.63, 3.8) is 0 Å². The summed E-state index contributed by atoms with van der Waals surface area (Å²) in [7, 11) is 1.32. The molecule has 2 aromatic carbocycles. The molecular weight excluding hydrogens is 306 g/mol. The lowest BCUT2D eigenvalue weighted by Gasteiger charge is -2.15. The number of hydrogen-bond donors (Lipinski definition) is 0. The molecule has 122 valence electrons. The summed E-state index contributed by atoms with van der Waals surface area (Å²) in [4.78, 5) is 23.8. The summed E-state index contributed by atoms with van der Waals surface area (Å²) >= 11 is 0. The van der Waals surface area contributed by atoms with Gasteiger partial charge in [-0.2, -0.15) is 5.26 Å². The number of nitrogens with zero attached hydrogens (tertiary/aromatic N) is 1. The average molecular weight is 323 g/mol. The fourth-order valence-electron chi connectivity index (χ4n) is 2.29. The Morgan fingerprint density at radius 2 is 1.62 bits per heavy atom. The summed E-state index contributed by atoms with van der Waals surface area (Å²) in [6.07, 6.45) is 0.155. The van der Waals surface area contributed by atoms with E-state index in [1.807, 2.05) is 36.4 Å². The zero-order valence-corrected chi connectivity index (χ0v) is 13.3. The van der Waals surface area contributed by atoms with Crippen molar-refractivity contribution in [2.75, 3.05) is 7.11 Å². The first kappa shape index (κ1) is 17.2. The molecule has 0 aliphatic heterocycles. The van der Waals surface area contributed by atoms with Crippen molar-refractivity contribution >= 4 is 11.9 Å². The van der Waals surface area contributed by atoms with Crippen LogP contribution in [0.25, 0.3) is 0 Å². The largest absolute Gasteiger partial charge is 0.469 e. The predicted octanol–water partition coefficient (Wildman–Crippen LogP) is 3.20. The summed E-state index contributed by atoms with van der Waals surface area (Å²) in [5.41, 5.74) is 1.36. The molecular formula is C19H17NO4. The Balaban J connectivity index is 2.06. The number of carbonyl (C=O) groups excluding carboxylic acids is 2. The first-order valence-corrected chi connectivity index (χ1v) is 7.45. The van der Waals surface area contributed by atoms with Gasteiger partial charge in [-0.3, -0.25) is 9.59 Å². The van der Waals surface area contributed by atoms with Crippen molar-refractivity contribution in [1.29, 1.82) is 5.26 Å². The van der Waals surface area contributed by atoms with E-state index in [1.54, 1.807) is 24.3 Å². The first-order chi connectivity index (χ1) is 11.6. The lowest BCUT2D eigenvalue weighted by atomic mass is 9.92. The van der Waals surface area contributed by atoms with Gasteiger partial charge in [-0.25, -0.2) is 0 Å². The van der Waals surface area contributed by atoms with Gasteiger partial charge in [-0.1, -0.05) is 30.3 Å². The Morgan fingerprint density at radius 1 is 1.00 bits per heavy atom. The fourth-order valence-corrected chi connectivity index (χ4v) is 2.29. The topological polar surface area (TPSA) is 76.4 Å². The summed E-state index contributed by atoms with van der Waals surface area (Å²) in [5.74, 6) is -0.777. The van der Waals surface area contributed by atoms with E-state index in [-0.39, 0.29) is 24.7 Å². The minimum atomic E-state index is -0.447. The summed E-state index contributed by atoms with van der Waals surface area (Å²) in [6.45, 7) is 0. The maximum Gasteiger partial charge on any atom is 0.311 e. The lowest BCUT2D eigenvalue weighted by Crippen LogP contribution is -2.16. The second-order valence-corrected chi connectivity index (χ2v) is 5.20. The molecule has 1 unspecified atom stereocenters. The molecule has 24 heavy (non-hydrogen) atoms. The number of methoxy groups -OCH3 is 1. The minimum absolute atomic E-state index is 0.0547. The fraction of sp³-hybridized carbons (Fsp3) is 0.211. The zero-order chi connectivity index (χ0) is 17.4. The van der Waals surface area contributed by atoms with Crippen LogP contribution in [0.2, 0.25) is 0 Å². The quantitative estimate of drug-likeness (QED) is 0.602. The zero-order valence-electron chi connectivity index (χ0n) is 13.3. The van der Waals surface area contributed by atoms with Crippen LogP contribution in [-0.4, -0.2) is 19.0 Å². The molecule has 0 aliphatic carbocycles. The highest BCUT2D eigenvalue weighted by molar-refractivity contribution is 5.76. The van der Waals surface area contributed by atoms with Crippen LogP contribution in [-0.2, 0) is 14.3 Å². The van der Waals surface area contributed by atoms with E-state index in [1.165, 1.54) is 7.11 Å². The second-order valence-electron chi connectivity index (χ2n) is 5.20. The van der Waals surface area contributed by atoms with Crippen molar-refractivity contribution in [3.05, 3.63) is 65.7 Å². The number of esters is 2. The molecule has 2 rings (SSSR count). The van der Waals surface area contributed by atoms with Crippen LogP contribution in [0.3, 0.4) is 0 Å². The highest BCUT2D eigenvalue weighted by Gasteiger charge is 2.21. The van der Waals surface area contributed by atoms with Gasteiger partial charge in [-0.05, 0) is 29.8 Å². The number of benzene rings is 2. The third kappa shape index (κ3) is 4.96. The summed E-state index contributed by atoms with van der Waals surface area (Å²) < 4.78 is 9.99. The van der Waals surface area contributed by atoms with Gasteiger partial charge in [0, 0.05) is 5.92 Å². The van der Waals surface area contributed by atoms with Gasteiger partial charge >= 0.3 is 11.9 Å². The highest BCUT2D eigenvalue weighted by Crippen LogP contribution is 2.25.